The lowest BCUT2D eigenvalue weighted by Gasteiger charge is -2.39. The molecule has 1 N–H and O–H groups in total. The molecule has 7 heteroatoms. The van der Waals surface area contributed by atoms with Crippen molar-refractivity contribution in [2.45, 2.75) is 12.1 Å². The Morgan fingerprint density at radius 3 is 2.52 bits per heavy atom. The summed E-state index contributed by atoms with van der Waals surface area (Å²) in [6, 6.07) is 23.8. The lowest BCUT2D eigenvalue weighted by molar-refractivity contribution is 0.217. The third-order valence-corrected chi connectivity index (χ3v) is 6.17. The molecule has 0 saturated heterocycles. The van der Waals surface area contributed by atoms with Gasteiger partial charge in [-0.25, -0.2) is 4.68 Å². The molecule has 33 heavy (non-hydrogen) atoms. The van der Waals surface area contributed by atoms with Crippen molar-refractivity contribution in [2.75, 3.05) is 19.5 Å². The normalized spacial score (nSPS) is 18.4. The van der Waals surface area contributed by atoms with Crippen LogP contribution in [0, 0.1) is 0 Å². The molecule has 2 atom stereocenters. The fraction of sp³-hybridized carbons (Fsp3) is 0.154. The molecule has 0 bridgehead atoms. The highest BCUT2D eigenvalue weighted by atomic mass is 16.5. The van der Waals surface area contributed by atoms with Crippen molar-refractivity contribution in [2.24, 2.45) is 0 Å². The Labute approximate surface area is 191 Å². The second-order valence-corrected chi connectivity index (χ2v) is 7.90. The van der Waals surface area contributed by atoms with Crippen LogP contribution in [0.25, 0.3) is 5.70 Å². The average Bonchev–Trinajstić information content (AvgIpc) is 3.35. The van der Waals surface area contributed by atoms with Crippen molar-refractivity contribution < 1.29 is 14.2 Å². The number of hydrogen-bond donors (Lipinski definition) is 1. The topological polar surface area (TPSA) is 70.4 Å². The van der Waals surface area contributed by atoms with E-state index >= 15 is 0 Å². The van der Waals surface area contributed by atoms with Crippen molar-refractivity contribution in [3.8, 4) is 17.2 Å². The maximum absolute atomic E-state index is 6.65. The van der Waals surface area contributed by atoms with E-state index in [4.69, 9.17) is 14.2 Å². The number of fused-ring (bicyclic) bond motifs is 3. The molecule has 4 aromatic rings. The van der Waals surface area contributed by atoms with Gasteiger partial charge in [0.05, 0.1) is 19.9 Å². The van der Waals surface area contributed by atoms with E-state index in [1.807, 2.05) is 59.3 Å². The molecule has 0 saturated carbocycles. The standard InChI is InChI=1S/C26H22N4O3/c1-31-17-13-11-16(12-14-17)24-22-23(29-26-27-15-28-30(24)26)18-7-3-6-10-21(18)33-25(22)19-8-4-5-9-20(19)32-2/h3-15,24-25H,1-2H3,(H,27,28,29)/t24-,25+/m1/s1. The number of anilines is 1. The van der Waals surface area contributed by atoms with Crippen LogP contribution in [-0.4, -0.2) is 29.0 Å². The van der Waals surface area contributed by atoms with Crippen LogP contribution in [0.2, 0.25) is 0 Å². The maximum atomic E-state index is 6.65. The van der Waals surface area contributed by atoms with Crippen molar-refractivity contribution in [3.05, 3.63) is 101 Å². The molecule has 3 heterocycles. The van der Waals surface area contributed by atoms with Gasteiger partial charge in [0.1, 0.15) is 29.6 Å². The van der Waals surface area contributed by atoms with E-state index < -0.39 is 0 Å². The molecule has 6 rings (SSSR count). The third-order valence-electron chi connectivity index (χ3n) is 6.17. The quantitative estimate of drug-likeness (QED) is 0.491. The summed E-state index contributed by atoms with van der Waals surface area (Å²) in [4.78, 5) is 4.48. The summed E-state index contributed by atoms with van der Waals surface area (Å²) >= 11 is 0. The van der Waals surface area contributed by atoms with Gasteiger partial charge in [-0.2, -0.15) is 10.1 Å². The van der Waals surface area contributed by atoms with Gasteiger partial charge in [-0.15, -0.1) is 0 Å². The van der Waals surface area contributed by atoms with Gasteiger partial charge in [-0.1, -0.05) is 42.5 Å². The molecule has 3 aromatic carbocycles. The molecule has 0 aliphatic carbocycles. The Kier molecular flexibility index (Phi) is 4.54. The molecule has 0 spiro atoms. The number of nitrogens with one attached hydrogen (secondary N) is 1. The van der Waals surface area contributed by atoms with Crippen molar-refractivity contribution in [1.82, 2.24) is 14.8 Å². The molecule has 0 amide bonds. The fourth-order valence-electron chi connectivity index (χ4n) is 4.67. The van der Waals surface area contributed by atoms with E-state index in [2.05, 4.69) is 33.6 Å². The Bertz CT molecular complexity index is 1360. The van der Waals surface area contributed by atoms with Gasteiger partial charge in [0.25, 0.3) is 0 Å². The number of hydrogen-bond acceptors (Lipinski definition) is 6. The summed E-state index contributed by atoms with van der Waals surface area (Å²) in [6.07, 6.45) is 1.19. The molecule has 2 aliphatic rings. The van der Waals surface area contributed by atoms with Gasteiger partial charge in [-0.05, 0) is 35.9 Å². The van der Waals surface area contributed by atoms with Crippen LogP contribution >= 0.6 is 0 Å². The van der Waals surface area contributed by atoms with Crippen LogP contribution in [0.15, 0.2) is 84.7 Å². The van der Waals surface area contributed by atoms with E-state index in [0.29, 0.717) is 5.95 Å². The molecule has 0 fully saturated rings. The van der Waals surface area contributed by atoms with Crippen LogP contribution < -0.4 is 19.5 Å². The molecule has 1 aromatic heterocycles. The Morgan fingerprint density at radius 2 is 1.70 bits per heavy atom. The van der Waals surface area contributed by atoms with E-state index in [-0.39, 0.29) is 12.1 Å². The highest BCUT2D eigenvalue weighted by Crippen LogP contribution is 2.51. The van der Waals surface area contributed by atoms with E-state index in [0.717, 1.165) is 45.2 Å². The van der Waals surface area contributed by atoms with Crippen LogP contribution in [0.3, 0.4) is 0 Å². The summed E-state index contributed by atoms with van der Waals surface area (Å²) in [5.74, 6) is 3.06. The first-order chi connectivity index (χ1) is 16.3. The Hall–Kier alpha value is -4.26. The number of aromatic nitrogens is 3. The monoisotopic (exact) mass is 438 g/mol. The molecule has 7 nitrogen and oxygen atoms in total. The lowest BCUT2D eigenvalue weighted by atomic mass is 9.84. The molecule has 0 unspecified atom stereocenters. The molecular formula is C26H22N4O3. The second kappa shape index (κ2) is 7.70. The number of rotatable bonds is 4. The van der Waals surface area contributed by atoms with E-state index in [1.54, 1.807) is 20.5 Å². The van der Waals surface area contributed by atoms with Gasteiger partial charge < -0.3 is 19.5 Å². The minimum absolute atomic E-state index is 0.229. The van der Waals surface area contributed by atoms with Gasteiger partial charge in [0, 0.05) is 16.7 Å². The first kappa shape index (κ1) is 19.4. The Balaban J connectivity index is 1.62. The number of methoxy groups -OCH3 is 2. The predicted octanol–water partition coefficient (Wildman–Crippen LogP) is 4.86. The first-order valence-corrected chi connectivity index (χ1v) is 10.7. The molecular weight excluding hydrogens is 416 g/mol. The summed E-state index contributed by atoms with van der Waals surface area (Å²) in [5.41, 5.74) is 5.02. The zero-order chi connectivity index (χ0) is 22.4. The van der Waals surface area contributed by atoms with Crippen LogP contribution in [0.4, 0.5) is 5.95 Å². The van der Waals surface area contributed by atoms with Gasteiger partial charge in [0.15, 0.2) is 6.10 Å². The third kappa shape index (κ3) is 3.04. The summed E-state index contributed by atoms with van der Waals surface area (Å²) < 4.78 is 19.7. The zero-order valence-electron chi connectivity index (χ0n) is 18.2. The van der Waals surface area contributed by atoms with Crippen molar-refractivity contribution >= 4 is 11.6 Å². The SMILES string of the molecule is COc1ccc([C@@H]2C3=C(Nc4ncnn42)c2ccccc2O[C@H]3c2ccccc2OC)cc1. The zero-order valence-corrected chi connectivity index (χ0v) is 18.2. The summed E-state index contributed by atoms with van der Waals surface area (Å²) in [6.45, 7) is 0. The van der Waals surface area contributed by atoms with Crippen LogP contribution in [-0.2, 0) is 0 Å². The predicted molar refractivity (Wildman–Crippen MR) is 125 cm³/mol. The summed E-state index contributed by atoms with van der Waals surface area (Å²) in [7, 11) is 3.35. The van der Waals surface area contributed by atoms with E-state index in [1.165, 1.54) is 0 Å². The number of benzene rings is 3. The maximum Gasteiger partial charge on any atom is 0.226 e. The van der Waals surface area contributed by atoms with E-state index in [9.17, 15) is 0 Å². The summed E-state index contributed by atoms with van der Waals surface area (Å²) in [5, 5.41) is 8.08. The van der Waals surface area contributed by atoms with Crippen molar-refractivity contribution in [3.63, 3.8) is 0 Å². The lowest BCUT2D eigenvalue weighted by Crippen LogP contribution is -2.32. The van der Waals surface area contributed by atoms with Crippen LogP contribution in [0.5, 0.6) is 17.2 Å². The number of para-hydroxylation sites is 2. The van der Waals surface area contributed by atoms with Gasteiger partial charge in [0.2, 0.25) is 5.95 Å². The minimum Gasteiger partial charge on any atom is -0.497 e. The number of ether oxygens (including phenoxy) is 3. The second-order valence-electron chi connectivity index (χ2n) is 7.90. The van der Waals surface area contributed by atoms with Gasteiger partial charge >= 0.3 is 0 Å². The molecule has 2 aliphatic heterocycles. The van der Waals surface area contributed by atoms with Crippen molar-refractivity contribution in [1.29, 1.82) is 0 Å². The minimum atomic E-state index is -0.386. The largest absolute Gasteiger partial charge is 0.497 e. The average molecular weight is 438 g/mol. The van der Waals surface area contributed by atoms with Gasteiger partial charge in [-0.3, -0.25) is 0 Å². The smallest absolute Gasteiger partial charge is 0.226 e. The highest BCUT2D eigenvalue weighted by Gasteiger charge is 2.41. The molecule has 164 valence electrons. The fourth-order valence-corrected chi connectivity index (χ4v) is 4.67. The number of nitrogens with zero attached hydrogens (tertiary/aromatic N) is 3. The Morgan fingerprint density at radius 1 is 0.909 bits per heavy atom. The highest BCUT2D eigenvalue weighted by molar-refractivity contribution is 5.85. The first-order valence-electron chi connectivity index (χ1n) is 10.7. The van der Waals surface area contributed by atoms with Crippen LogP contribution in [0.1, 0.15) is 28.8 Å². The molecule has 0 radical (unpaired) electrons.